The van der Waals surface area contributed by atoms with Crippen LogP contribution in [0.3, 0.4) is 0 Å². The first-order chi connectivity index (χ1) is 17.1. The number of fused-ring (bicyclic) bond motifs is 1. The molecule has 0 spiro atoms. The second kappa shape index (κ2) is 11.5. The Bertz CT molecular complexity index is 1170. The van der Waals surface area contributed by atoms with Crippen LogP contribution in [0.5, 0.6) is 5.75 Å². The molecule has 3 aromatic rings. The van der Waals surface area contributed by atoms with Gasteiger partial charge in [-0.05, 0) is 81.9 Å². The van der Waals surface area contributed by atoms with E-state index in [9.17, 15) is 5.26 Å². The maximum absolute atomic E-state index is 9.53. The fourth-order valence-corrected chi connectivity index (χ4v) is 4.87. The van der Waals surface area contributed by atoms with Gasteiger partial charge in [-0.3, -0.25) is 0 Å². The van der Waals surface area contributed by atoms with Crippen LogP contribution >= 0.6 is 0 Å². The van der Waals surface area contributed by atoms with E-state index >= 15 is 0 Å². The molecule has 7 nitrogen and oxygen atoms in total. The van der Waals surface area contributed by atoms with Crippen molar-refractivity contribution in [3.63, 3.8) is 0 Å². The van der Waals surface area contributed by atoms with Crippen molar-refractivity contribution in [2.24, 2.45) is 0 Å². The normalized spacial score (nSPS) is 17.4. The zero-order chi connectivity index (χ0) is 24.8. The maximum Gasteiger partial charge on any atom is 0.258 e. The molecule has 0 saturated carbocycles. The minimum absolute atomic E-state index is 0.00812. The Morgan fingerprint density at radius 1 is 1.14 bits per heavy atom. The van der Waals surface area contributed by atoms with Gasteiger partial charge in [-0.15, -0.1) is 0 Å². The number of ether oxygens (including phenoxy) is 1. The fourth-order valence-electron chi connectivity index (χ4n) is 4.87. The molecule has 1 fully saturated rings. The van der Waals surface area contributed by atoms with Gasteiger partial charge in [-0.1, -0.05) is 37.2 Å². The van der Waals surface area contributed by atoms with Gasteiger partial charge in [-0.2, -0.15) is 10.2 Å². The average molecular weight is 474 g/mol. The lowest BCUT2D eigenvalue weighted by atomic mass is 10.00. The highest BCUT2D eigenvalue weighted by atomic mass is 16.5. The molecule has 1 aromatic heterocycles. The quantitative estimate of drug-likeness (QED) is 0.494. The molecular weight excluding hydrogens is 438 g/mol. The van der Waals surface area contributed by atoms with E-state index in [2.05, 4.69) is 45.0 Å². The molecule has 2 N–H and O–H groups in total. The van der Waals surface area contributed by atoms with Crippen molar-refractivity contribution in [2.75, 3.05) is 13.1 Å². The summed E-state index contributed by atoms with van der Waals surface area (Å²) in [5, 5.41) is 21.1. The van der Waals surface area contributed by atoms with Crippen LogP contribution in [0.1, 0.15) is 69.7 Å². The van der Waals surface area contributed by atoms with Gasteiger partial charge in [0.1, 0.15) is 11.8 Å². The molecule has 0 amide bonds. The first-order valence-corrected chi connectivity index (χ1v) is 12.8. The number of hydrogen-bond donors (Lipinski definition) is 2. The van der Waals surface area contributed by atoms with Crippen LogP contribution in [0, 0.1) is 11.3 Å². The Labute approximate surface area is 207 Å². The van der Waals surface area contributed by atoms with Crippen LogP contribution < -0.4 is 15.4 Å². The first-order valence-electron chi connectivity index (χ1n) is 12.8. The molecule has 2 aromatic carbocycles. The minimum atomic E-state index is -0.00812. The van der Waals surface area contributed by atoms with Gasteiger partial charge in [-0.25, -0.2) is 0 Å². The summed E-state index contributed by atoms with van der Waals surface area (Å²) >= 11 is 0. The van der Waals surface area contributed by atoms with Gasteiger partial charge in [0.15, 0.2) is 0 Å². The number of rotatable bonds is 6. The van der Waals surface area contributed by atoms with E-state index in [-0.39, 0.29) is 6.10 Å². The van der Waals surface area contributed by atoms with Gasteiger partial charge >= 0.3 is 0 Å². The van der Waals surface area contributed by atoms with Crippen molar-refractivity contribution in [1.29, 1.82) is 5.26 Å². The van der Waals surface area contributed by atoms with E-state index in [4.69, 9.17) is 9.26 Å². The summed E-state index contributed by atoms with van der Waals surface area (Å²) in [6.45, 7) is 10.0. The largest absolute Gasteiger partial charge is 0.490 e. The van der Waals surface area contributed by atoms with Crippen molar-refractivity contribution >= 4 is 0 Å². The smallest absolute Gasteiger partial charge is 0.258 e. The van der Waals surface area contributed by atoms with E-state index in [1.54, 1.807) is 12.1 Å². The number of nitriles is 1. The van der Waals surface area contributed by atoms with Crippen molar-refractivity contribution < 1.29 is 9.26 Å². The highest BCUT2D eigenvalue weighted by molar-refractivity contribution is 5.67. The van der Waals surface area contributed by atoms with E-state index in [0.29, 0.717) is 40.7 Å². The number of piperidine rings is 1. The van der Waals surface area contributed by atoms with Crippen molar-refractivity contribution in [3.8, 4) is 34.7 Å². The van der Waals surface area contributed by atoms with Crippen molar-refractivity contribution in [1.82, 2.24) is 20.8 Å². The van der Waals surface area contributed by atoms with Crippen LogP contribution in [0.25, 0.3) is 22.8 Å². The summed E-state index contributed by atoms with van der Waals surface area (Å²) in [7, 11) is 0. The second-order valence-corrected chi connectivity index (χ2v) is 9.07. The highest BCUT2D eigenvalue weighted by Gasteiger charge is 2.28. The molecule has 1 saturated heterocycles. The Balaban J connectivity index is 0.00000141. The van der Waals surface area contributed by atoms with Crippen molar-refractivity contribution in [2.45, 2.75) is 71.6 Å². The van der Waals surface area contributed by atoms with Crippen LogP contribution in [0.15, 0.2) is 40.9 Å². The molecule has 1 aliphatic heterocycles. The molecule has 184 valence electrons. The van der Waals surface area contributed by atoms with Gasteiger partial charge < -0.3 is 19.9 Å². The van der Waals surface area contributed by atoms with Gasteiger partial charge in [0, 0.05) is 23.2 Å². The Hall–Kier alpha value is -3.21. The van der Waals surface area contributed by atoms with Crippen LogP contribution in [-0.4, -0.2) is 35.4 Å². The lowest BCUT2D eigenvalue weighted by molar-refractivity contribution is 0.241. The summed E-state index contributed by atoms with van der Waals surface area (Å²) in [4.78, 5) is 4.68. The molecule has 5 rings (SSSR count). The molecular formula is C28H35N5O2. The van der Waals surface area contributed by atoms with E-state index < -0.39 is 0 Å². The summed E-state index contributed by atoms with van der Waals surface area (Å²) < 4.78 is 11.3. The lowest BCUT2D eigenvalue weighted by Gasteiger charge is -2.27. The first kappa shape index (κ1) is 24.9. The second-order valence-electron chi connectivity index (χ2n) is 9.07. The molecule has 1 unspecified atom stereocenters. The molecule has 2 aliphatic rings. The van der Waals surface area contributed by atoms with Crippen LogP contribution in [-0.2, 0) is 6.42 Å². The lowest BCUT2D eigenvalue weighted by Crippen LogP contribution is -2.41. The Morgan fingerprint density at radius 2 is 1.94 bits per heavy atom. The van der Waals surface area contributed by atoms with Crippen LogP contribution in [0.2, 0.25) is 0 Å². The van der Waals surface area contributed by atoms with Gasteiger partial charge in [0.05, 0.1) is 11.7 Å². The zero-order valence-corrected chi connectivity index (χ0v) is 21.1. The monoisotopic (exact) mass is 473 g/mol. The van der Waals surface area contributed by atoms with E-state index in [1.165, 1.54) is 24.0 Å². The standard InChI is InChI=1S/C26H29N5O2.C2H6/c1-16(2)32-24-9-6-17(14-18(24)15-27)26-30-25(31-33-26)22-5-3-4-21-20(22)7-8-23(21)29-19-10-12-28-13-11-19;1-2/h3-6,9,14,16,19,23,28-29H,7-8,10-13H2,1-2H3;1-2H3. The molecule has 0 radical (unpaired) electrons. The summed E-state index contributed by atoms with van der Waals surface area (Å²) in [6.07, 6.45) is 4.42. The number of benzene rings is 2. The van der Waals surface area contributed by atoms with Crippen molar-refractivity contribution in [3.05, 3.63) is 53.1 Å². The average Bonchev–Trinajstić information content (AvgIpc) is 3.54. The number of aromatic nitrogens is 2. The van der Waals surface area contributed by atoms with E-state index in [0.717, 1.165) is 31.5 Å². The molecule has 7 heteroatoms. The topological polar surface area (TPSA) is 96.0 Å². The SMILES string of the molecule is CC.CC(C)Oc1ccc(-c2nc(-c3cccc4c3CCC4NC3CCNCC3)no2)cc1C#N. The number of nitrogens with zero attached hydrogens (tertiary/aromatic N) is 3. The predicted octanol–water partition coefficient (Wildman–Crippen LogP) is 5.42. The highest BCUT2D eigenvalue weighted by Crippen LogP contribution is 2.38. The third-order valence-electron chi connectivity index (χ3n) is 6.42. The van der Waals surface area contributed by atoms with Crippen LogP contribution in [0.4, 0.5) is 0 Å². The third kappa shape index (κ3) is 5.55. The predicted molar refractivity (Wildman–Crippen MR) is 137 cm³/mol. The Kier molecular flexibility index (Phi) is 8.17. The zero-order valence-electron chi connectivity index (χ0n) is 21.1. The molecule has 2 heterocycles. The number of hydrogen-bond acceptors (Lipinski definition) is 7. The summed E-state index contributed by atoms with van der Waals surface area (Å²) in [5.41, 5.74) is 4.83. The molecule has 0 bridgehead atoms. The van der Waals surface area contributed by atoms with Gasteiger partial charge in [0.25, 0.3) is 5.89 Å². The number of nitrogens with one attached hydrogen (secondary N) is 2. The Morgan fingerprint density at radius 3 is 2.69 bits per heavy atom. The molecule has 35 heavy (non-hydrogen) atoms. The summed E-state index contributed by atoms with van der Waals surface area (Å²) in [5.74, 6) is 1.55. The minimum Gasteiger partial charge on any atom is -0.490 e. The van der Waals surface area contributed by atoms with Gasteiger partial charge in [0.2, 0.25) is 5.82 Å². The third-order valence-corrected chi connectivity index (χ3v) is 6.42. The fraction of sp³-hybridized carbons (Fsp3) is 0.464. The van der Waals surface area contributed by atoms with E-state index in [1.807, 2.05) is 33.8 Å². The summed E-state index contributed by atoms with van der Waals surface area (Å²) in [6, 6.07) is 14.9. The maximum atomic E-state index is 9.53. The molecule has 1 aliphatic carbocycles. The molecule has 1 atom stereocenters.